The number of ether oxygens (including phenoxy) is 1. The summed E-state index contributed by atoms with van der Waals surface area (Å²) < 4.78 is 39.6. The molecular weight excluding hydrogens is 244 g/mol. The van der Waals surface area contributed by atoms with E-state index < -0.39 is 19.2 Å². The smallest absolute Gasteiger partial charge is 0.423 e. The van der Waals surface area contributed by atoms with Gasteiger partial charge in [-0.2, -0.15) is 0 Å². The van der Waals surface area contributed by atoms with Crippen LogP contribution in [0.5, 0.6) is 5.75 Å². The minimum absolute atomic E-state index is 0.0499. The van der Waals surface area contributed by atoms with Crippen LogP contribution in [0.1, 0.15) is 0 Å². The van der Waals surface area contributed by atoms with Gasteiger partial charge in [0.1, 0.15) is 5.75 Å². The molecule has 1 rings (SSSR count). The highest BCUT2D eigenvalue weighted by molar-refractivity contribution is 7.98. The minimum Gasteiger partial charge on any atom is -0.423 e. The third-order valence-corrected chi connectivity index (χ3v) is 2.38. The zero-order chi connectivity index (χ0) is 12.3. The quantitative estimate of drug-likeness (QED) is 0.622. The fraction of sp³-hybridized carbons (Fsp3) is 0.250. The van der Waals surface area contributed by atoms with Crippen molar-refractivity contribution in [3.63, 3.8) is 0 Å². The van der Waals surface area contributed by atoms with Crippen LogP contribution in [0.25, 0.3) is 0 Å². The van der Waals surface area contributed by atoms with Gasteiger partial charge in [-0.15, -0.1) is 24.9 Å². The molecule has 0 bridgehead atoms. The Morgan fingerprint density at radius 2 is 1.88 bits per heavy atom. The SMILES string of the molecule is CSc1cc(OC(F)(F)F)cc(B(O)O)c1. The van der Waals surface area contributed by atoms with Crippen molar-refractivity contribution >= 4 is 24.3 Å². The molecule has 0 amide bonds. The second-order valence-electron chi connectivity index (χ2n) is 2.86. The Kier molecular flexibility index (Phi) is 4.12. The van der Waals surface area contributed by atoms with Crippen molar-refractivity contribution in [2.24, 2.45) is 0 Å². The average molecular weight is 252 g/mol. The molecule has 3 nitrogen and oxygen atoms in total. The molecule has 0 heterocycles. The molecule has 2 N–H and O–H groups in total. The molecule has 0 saturated carbocycles. The summed E-state index contributed by atoms with van der Waals surface area (Å²) in [6.07, 6.45) is -3.14. The summed E-state index contributed by atoms with van der Waals surface area (Å²) in [4.78, 5) is 0.449. The van der Waals surface area contributed by atoms with E-state index in [0.717, 1.165) is 6.07 Å². The third-order valence-electron chi connectivity index (χ3n) is 1.67. The van der Waals surface area contributed by atoms with Gasteiger partial charge < -0.3 is 14.8 Å². The van der Waals surface area contributed by atoms with Crippen LogP contribution >= 0.6 is 11.8 Å². The topological polar surface area (TPSA) is 49.7 Å². The van der Waals surface area contributed by atoms with Crippen molar-refractivity contribution < 1.29 is 28.0 Å². The van der Waals surface area contributed by atoms with Crippen LogP contribution in [-0.2, 0) is 0 Å². The first kappa shape index (κ1) is 13.2. The Morgan fingerprint density at radius 3 is 2.31 bits per heavy atom. The van der Waals surface area contributed by atoms with E-state index in [-0.39, 0.29) is 5.46 Å². The molecule has 0 radical (unpaired) electrons. The monoisotopic (exact) mass is 252 g/mol. The number of hydrogen-bond acceptors (Lipinski definition) is 4. The van der Waals surface area contributed by atoms with Gasteiger partial charge in [-0.1, -0.05) is 0 Å². The van der Waals surface area contributed by atoms with Crippen LogP contribution in [0, 0.1) is 0 Å². The van der Waals surface area contributed by atoms with Crippen LogP contribution < -0.4 is 10.2 Å². The van der Waals surface area contributed by atoms with Crippen LogP contribution in [-0.4, -0.2) is 29.8 Å². The van der Waals surface area contributed by atoms with Crippen molar-refractivity contribution in [1.82, 2.24) is 0 Å². The fourth-order valence-electron chi connectivity index (χ4n) is 1.05. The van der Waals surface area contributed by atoms with Crippen LogP contribution in [0.15, 0.2) is 23.1 Å². The Labute approximate surface area is 94.4 Å². The number of halogens is 3. The maximum Gasteiger partial charge on any atom is 0.573 e. The Hall–Kier alpha value is -0.855. The highest BCUT2D eigenvalue weighted by atomic mass is 32.2. The lowest BCUT2D eigenvalue weighted by molar-refractivity contribution is -0.274. The van der Waals surface area contributed by atoms with E-state index in [9.17, 15) is 13.2 Å². The molecule has 0 fully saturated rings. The van der Waals surface area contributed by atoms with Gasteiger partial charge in [0.25, 0.3) is 0 Å². The normalized spacial score (nSPS) is 11.4. The summed E-state index contributed by atoms with van der Waals surface area (Å²) in [5.41, 5.74) is -0.0499. The van der Waals surface area contributed by atoms with E-state index in [1.807, 2.05) is 0 Å². The number of thioether (sulfide) groups is 1. The molecule has 0 spiro atoms. The van der Waals surface area contributed by atoms with Gasteiger partial charge in [-0.05, 0) is 29.9 Å². The van der Waals surface area contributed by atoms with Crippen molar-refractivity contribution in [2.45, 2.75) is 11.3 Å². The van der Waals surface area contributed by atoms with Crippen molar-refractivity contribution in [2.75, 3.05) is 6.26 Å². The van der Waals surface area contributed by atoms with Gasteiger partial charge in [-0.25, -0.2) is 0 Å². The molecule has 8 heteroatoms. The van der Waals surface area contributed by atoms with Crippen LogP contribution in [0.3, 0.4) is 0 Å². The van der Waals surface area contributed by atoms with E-state index in [2.05, 4.69) is 4.74 Å². The molecule has 0 aromatic heterocycles. The summed E-state index contributed by atoms with van der Waals surface area (Å²) >= 11 is 1.17. The maximum atomic E-state index is 12.0. The minimum atomic E-state index is -4.80. The van der Waals surface area contributed by atoms with Gasteiger partial charge in [0, 0.05) is 4.90 Å². The molecule has 1 aromatic rings. The summed E-state index contributed by atoms with van der Waals surface area (Å²) in [6.45, 7) is 0. The van der Waals surface area contributed by atoms with Gasteiger partial charge >= 0.3 is 13.5 Å². The Morgan fingerprint density at radius 1 is 1.25 bits per heavy atom. The molecule has 1 aromatic carbocycles. The van der Waals surface area contributed by atoms with E-state index in [4.69, 9.17) is 10.0 Å². The zero-order valence-electron chi connectivity index (χ0n) is 8.15. The first-order valence-electron chi connectivity index (χ1n) is 4.12. The number of rotatable bonds is 3. The van der Waals surface area contributed by atoms with E-state index in [0.29, 0.717) is 4.90 Å². The first-order valence-corrected chi connectivity index (χ1v) is 5.35. The molecular formula is C8H8BF3O3S. The third kappa shape index (κ3) is 3.95. The maximum absolute atomic E-state index is 12.0. The highest BCUT2D eigenvalue weighted by Crippen LogP contribution is 2.25. The summed E-state index contributed by atoms with van der Waals surface area (Å²) in [5, 5.41) is 17.8. The van der Waals surface area contributed by atoms with E-state index in [1.165, 1.54) is 23.9 Å². The second kappa shape index (κ2) is 4.98. The molecule has 16 heavy (non-hydrogen) atoms. The lowest BCUT2D eigenvalue weighted by Gasteiger charge is -2.11. The predicted octanol–water partition coefficient (Wildman–Crippen LogP) is 0.987. The molecule has 88 valence electrons. The molecule has 0 atom stereocenters. The molecule has 0 saturated heterocycles. The molecule has 0 aliphatic rings. The van der Waals surface area contributed by atoms with Gasteiger partial charge in [0.15, 0.2) is 0 Å². The Bertz CT molecular complexity index is 370. The molecule has 0 aliphatic carbocycles. The van der Waals surface area contributed by atoms with Crippen LogP contribution in [0.2, 0.25) is 0 Å². The fourth-order valence-corrected chi connectivity index (χ4v) is 1.54. The summed E-state index contributed by atoms with van der Waals surface area (Å²) in [5.74, 6) is -0.470. The van der Waals surface area contributed by atoms with Crippen molar-refractivity contribution in [1.29, 1.82) is 0 Å². The standard InChI is InChI=1S/C8H8BF3O3S/c1-16-7-3-5(9(13)14)2-6(4-7)15-8(10,11)12/h2-4,13-14H,1H3. The van der Waals surface area contributed by atoms with Gasteiger partial charge in [0.2, 0.25) is 0 Å². The second-order valence-corrected chi connectivity index (χ2v) is 3.74. The lowest BCUT2D eigenvalue weighted by atomic mass is 9.80. The van der Waals surface area contributed by atoms with Crippen molar-refractivity contribution in [3.8, 4) is 5.75 Å². The first-order chi connectivity index (χ1) is 7.31. The highest BCUT2D eigenvalue weighted by Gasteiger charge is 2.31. The average Bonchev–Trinajstić information content (AvgIpc) is 2.14. The van der Waals surface area contributed by atoms with E-state index in [1.54, 1.807) is 6.26 Å². The Balaban J connectivity index is 3.04. The largest absolute Gasteiger partial charge is 0.573 e. The number of benzene rings is 1. The lowest BCUT2D eigenvalue weighted by Crippen LogP contribution is -2.30. The molecule has 0 unspecified atom stereocenters. The predicted molar refractivity (Wildman–Crippen MR) is 54.7 cm³/mol. The van der Waals surface area contributed by atoms with Gasteiger partial charge in [0.05, 0.1) is 0 Å². The summed E-state index contributed by atoms with van der Waals surface area (Å²) in [7, 11) is -1.83. The van der Waals surface area contributed by atoms with Crippen LogP contribution in [0.4, 0.5) is 13.2 Å². The van der Waals surface area contributed by atoms with Crippen molar-refractivity contribution in [3.05, 3.63) is 18.2 Å². The zero-order valence-corrected chi connectivity index (χ0v) is 8.97. The van der Waals surface area contributed by atoms with Gasteiger partial charge in [-0.3, -0.25) is 0 Å². The van der Waals surface area contributed by atoms with E-state index >= 15 is 0 Å². The number of hydrogen-bond donors (Lipinski definition) is 2. The molecule has 0 aliphatic heterocycles. The summed E-state index contributed by atoms with van der Waals surface area (Å²) in [6, 6.07) is 3.47. The number of alkyl halides is 3.